The molecule has 0 amide bonds. The van der Waals surface area contributed by atoms with Gasteiger partial charge in [0.15, 0.2) is 0 Å². The van der Waals surface area contributed by atoms with Crippen LogP contribution in [0.4, 0.5) is 28.4 Å². The summed E-state index contributed by atoms with van der Waals surface area (Å²) in [5.74, 6) is 0. The smallest absolute Gasteiger partial charge is 0.0714 e. The quantitative estimate of drug-likeness (QED) is 0.150. The monoisotopic (exact) mass is 868 g/mol. The molecule has 322 valence electrons. The maximum absolute atomic E-state index is 2.59. The van der Waals surface area contributed by atoms with Gasteiger partial charge in [0.05, 0.1) is 22.8 Å². The first kappa shape index (κ1) is 39.9. The number of rotatable bonds is 8. The van der Waals surface area contributed by atoms with Gasteiger partial charge in [-0.05, 0) is 110 Å². The summed E-state index contributed by atoms with van der Waals surface area (Å²) in [6.07, 6.45) is 9.28. The molecule has 0 N–H and O–H groups in total. The van der Waals surface area contributed by atoms with Gasteiger partial charge in [0.2, 0.25) is 0 Å². The van der Waals surface area contributed by atoms with E-state index in [1.54, 1.807) is 0 Å². The SMILES string of the molecule is CC12C=CC=CC1N(c1ccccc1)c1cccc(N(c3ccc4c(c3)C(c3ccccc3)(c3ccccc3)c3ccccc3-4)c3ccccc3-c3cccc4cccc(-c5ccccc5)c34)c12. The summed E-state index contributed by atoms with van der Waals surface area (Å²) < 4.78 is 0. The normalized spacial score (nSPS) is 17.1. The fraction of sp³-hybridized carbons (Fsp3) is 0.0606. The minimum atomic E-state index is -0.563. The van der Waals surface area contributed by atoms with Crippen molar-refractivity contribution in [1.82, 2.24) is 0 Å². The van der Waals surface area contributed by atoms with Gasteiger partial charge < -0.3 is 9.80 Å². The number of hydrogen-bond acceptors (Lipinski definition) is 2. The minimum Gasteiger partial charge on any atom is -0.333 e. The van der Waals surface area contributed by atoms with E-state index in [9.17, 15) is 0 Å². The molecule has 0 fully saturated rings. The Balaban J connectivity index is 1.13. The Morgan fingerprint density at radius 3 is 1.75 bits per heavy atom. The Morgan fingerprint density at radius 1 is 0.441 bits per heavy atom. The van der Waals surface area contributed by atoms with E-state index < -0.39 is 5.41 Å². The number of hydrogen-bond donors (Lipinski definition) is 0. The summed E-state index contributed by atoms with van der Waals surface area (Å²) in [5, 5.41) is 2.45. The number of benzene rings is 10. The highest BCUT2D eigenvalue weighted by Gasteiger charge is 2.50. The molecule has 3 aliphatic rings. The van der Waals surface area contributed by atoms with Crippen molar-refractivity contribution in [3.05, 3.63) is 295 Å². The van der Waals surface area contributed by atoms with Crippen molar-refractivity contribution in [2.24, 2.45) is 0 Å². The number of para-hydroxylation sites is 2. The van der Waals surface area contributed by atoms with Gasteiger partial charge in [-0.3, -0.25) is 0 Å². The highest BCUT2D eigenvalue weighted by Crippen LogP contribution is 2.60. The number of allylic oxidation sites excluding steroid dienone is 2. The molecule has 1 aliphatic heterocycles. The third-order valence-electron chi connectivity index (χ3n) is 15.0. The third-order valence-corrected chi connectivity index (χ3v) is 15.0. The van der Waals surface area contributed by atoms with Gasteiger partial charge >= 0.3 is 0 Å². The van der Waals surface area contributed by atoms with Crippen LogP contribution >= 0.6 is 0 Å². The van der Waals surface area contributed by atoms with E-state index in [2.05, 4.69) is 284 Å². The average molecular weight is 869 g/mol. The van der Waals surface area contributed by atoms with E-state index in [4.69, 9.17) is 0 Å². The van der Waals surface area contributed by atoms with Gasteiger partial charge in [-0.1, -0.05) is 224 Å². The molecule has 2 aliphatic carbocycles. The van der Waals surface area contributed by atoms with Gasteiger partial charge in [-0.25, -0.2) is 0 Å². The molecule has 2 atom stereocenters. The summed E-state index contributed by atoms with van der Waals surface area (Å²) in [6.45, 7) is 2.43. The molecule has 2 nitrogen and oxygen atoms in total. The molecule has 0 bridgehead atoms. The van der Waals surface area contributed by atoms with Gasteiger partial charge in [0.25, 0.3) is 0 Å². The lowest BCUT2D eigenvalue weighted by molar-refractivity contribution is 0.551. The molecule has 0 aromatic heterocycles. The highest BCUT2D eigenvalue weighted by atomic mass is 15.2. The van der Waals surface area contributed by atoms with Crippen molar-refractivity contribution in [2.45, 2.75) is 23.8 Å². The molecule has 1 heterocycles. The Hall–Kier alpha value is -8.46. The maximum Gasteiger partial charge on any atom is 0.0714 e. The Labute approximate surface area is 399 Å². The van der Waals surface area contributed by atoms with Crippen LogP contribution in [-0.2, 0) is 10.8 Å². The third kappa shape index (κ3) is 5.90. The predicted octanol–water partition coefficient (Wildman–Crippen LogP) is 16.9. The van der Waals surface area contributed by atoms with Crippen molar-refractivity contribution in [3.8, 4) is 33.4 Å². The Morgan fingerprint density at radius 2 is 1.01 bits per heavy atom. The first-order valence-electron chi connectivity index (χ1n) is 23.8. The van der Waals surface area contributed by atoms with Crippen LogP contribution in [0, 0.1) is 0 Å². The molecule has 68 heavy (non-hydrogen) atoms. The van der Waals surface area contributed by atoms with Crippen molar-refractivity contribution in [1.29, 1.82) is 0 Å². The molecular weight excluding hydrogens is 821 g/mol. The molecule has 10 aromatic carbocycles. The van der Waals surface area contributed by atoms with Crippen molar-refractivity contribution in [2.75, 3.05) is 9.80 Å². The summed E-state index contributed by atoms with van der Waals surface area (Å²) in [5.41, 5.74) is 18.5. The number of anilines is 5. The van der Waals surface area contributed by atoms with Crippen LogP contribution < -0.4 is 9.80 Å². The fourth-order valence-corrected chi connectivity index (χ4v) is 12.1. The summed E-state index contributed by atoms with van der Waals surface area (Å²) in [7, 11) is 0. The Bertz CT molecular complexity index is 3550. The zero-order valence-corrected chi connectivity index (χ0v) is 37.9. The van der Waals surface area contributed by atoms with Gasteiger partial charge in [-0.15, -0.1) is 0 Å². The van der Waals surface area contributed by atoms with E-state index in [1.807, 2.05) is 0 Å². The van der Waals surface area contributed by atoms with Crippen LogP contribution in [-0.4, -0.2) is 6.04 Å². The summed E-state index contributed by atoms with van der Waals surface area (Å²) in [4.78, 5) is 5.14. The van der Waals surface area contributed by atoms with E-state index in [-0.39, 0.29) is 11.5 Å². The molecule has 2 heteroatoms. The lowest BCUT2D eigenvalue weighted by Crippen LogP contribution is -2.39. The molecule has 0 radical (unpaired) electrons. The second-order valence-corrected chi connectivity index (χ2v) is 18.5. The van der Waals surface area contributed by atoms with E-state index in [0.717, 1.165) is 17.1 Å². The summed E-state index contributed by atoms with van der Waals surface area (Å²) in [6, 6.07) is 90.0. The molecule has 0 saturated carbocycles. The molecule has 2 unspecified atom stereocenters. The first-order valence-corrected chi connectivity index (χ1v) is 23.8. The van der Waals surface area contributed by atoms with Crippen LogP contribution in [0.5, 0.6) is 0 Å². The molecule has 0 saturated heterocycles. The van der Waals surface area contributed by atoms with Gasteiger partial charge in [-0.2, -0.15) is 0 Å². The maximum atomic E-state index is 2.59. The standard InChI is InChI=1S/C66H48N2/c1-65-44-19-18-41-62(65)68(50-31-12-5-13-32-50)61-40-22-39-60(64(61)65)67(59-38-17-15-34-55(59)56-36-21-26-47-25-20-35-52(63(47)56)46-23-6-2-7-24-46)51-42-43-54-53-33-14-16-37-57(53)66(58(54)45-51,48-27-8-3-9-28-48)49-29-10-4-11-30-49/h2-45,62H,1H3. The lowest BCUT2D eigenvalue weighted by atomic mass is 9.67. The highest BCUT2D eigenvalue weighted by molar-refractivity contribution is 6.09. The molecular formula is C66H48N2. The fourth-order valence-electron chi connectivity index (χ4n) is 12.1. The number of nitrogens with zero attached hydrogens (tertiary/aromatic N) is 2. The van der Waals surface area contributed by atoms with Crippen LogP contribution in [0.15, 0.2) is 267 Å². The number of fused-ring (bicyclic) bond motifs is 7. The topological polar surface area (TPSA) is 6.48 Å². The molecule has 0 spiro atoms. The second kappa shape index (κ2) is 15.9. The lowest BCUT2D eigenvalue weighted by Gasteiger charge is -2.37. The second-order valence-electron chi connectivity index (χ2n) is 18.5. The zero-order chi connectivity index (χ0) is 45.2. The molecule has 13 rings (SSSR count). The van der Waals surface area contributed by atoms with Crippen LogP contribution in [0.2, 0.25) is 0 Å². The minimum absolute atomic E-state index is 0.0768. The Kier molecular flexibility index (Phi) is 9.30. The first-order chi connectivity index (χ1) is 33.6. The average Bonchev–Trinajstić information content (AvgIpc) is 3.86. The van der Waals surface area contributed by atoms with E-state index in [1.165, 1.54) is 83.3 Å². The summed E-state index contributed by atoms with van der Waals surface area (Å²) >= 11 is 0. The predicted molar refractivity (Wildman–Crippen MR) is 285 cm³/mol. The van der Waals surface area contributed by atoms with Gasteiger partial charge in [0, 0.05) is 33.6 Å². The zero-order valence-electron chi connectivity index (χ0n) is 37.9. The van der Waals surface area contributed by atoms with E-state index in [0.29, 0.717) is 0 Å². The van der Waals surface area contributed by atoms with Crippen molar-refractivity contribution >= 4 is 39.2 Å². The van der Waals surface area contributed by atoms with Crippen molar-refractivity contribution in [3.63, 3.8) is 0 Å². The van der Waals surface area contributed by atoms with Crippen molar-refractivity contribution < 1.29 is 0 Å². The molecule has 10 aromatic rings. The van der Waals surface area contributed by atoms with Crippen LogP contribution in [0.3, 0.4) is 0 Å². The van der Waals surface area contributed by atoms with E-state index >= 15 is 0 Å². The largest absolute Gasteiger partial charge is 0.333 e. The van der Waals surface area contributed by atoms with Crippen LogP contribution in [0.1, 0.15) is 34.7 Å². The van der Waals surface area contributed by atoms with Gasteiger partial charge in [0.1, 0.15) is 0 Å². The van der Waals surface area contributed by atoms with Crippen LogP contribution in [0.25, 0.3) is 44.2 Å².